The molecule has 178 valence electrons. The van der Waals surface area contributed by atoms with Crippen molar-refractivity contribution in [2.75, 3.05) is 5.32 Å². The number of carbonyl (C=O) groups excluding carboxylic acids is 1. The fraction of sp³-hybridized carbons (Fsp3) is 0.0417. The van der Waals surface area contributed by atoms with Gasteiger partial charge in [-0.25, -0.2) is 9.48 Å². The van der Waals surface area contributed by atoms with E-state index in [2.05, 4.69) is 10.4 Å². The van der Waals surface area contributed by atoms with Gasteiger partial charge in [0.05, 0.1) is 16.4 Å². The highest BCUT2D eigenvalue weighted by molar-refractivity contribution is 6.32. The highest BCUT2D eigenvalue weighted by Gasteiger charge is 2.35. The number of anilines is 1. The number of carboxylic acids is 1. The van der Waals surface area contributed by atoms with Gasteiger partial charge in [-0.3, -0.25) is 4.79 Å². The fourth-order valence-electron chi connectivity index (χ4n) is 3.31. The molecule has 3 N–H and O–H groups in total. The quantitative estimate of drug-likeness (QED) is 0.297. The Hall–Kier alpha value is -4.31. The van der Waals surface area contributed by atoms with Crippen LogP contribution in [-0.2, 0) is 6.18 Å². The number of rotatable bonds is 5. The van der Waals surface area contributed by atoms with Gasteiger partial charge in [-0.1, -0.05) is 35.9 Å². The number of phenols is 1. The smallest absolute Gasteiger partial charge is 0.435 e. The van der Waals surface area contributed by atoms with Crippen LogP contribution in [0.2, 0.25) is 5.02 Å². The highest BCUT2D eigenvalue weighted by atomic mass is 35.5. The molecule has 0 bridgehead atoms. The van der Waals surface area contributed by atoms with Gasteiger partial charge in [-0.05, 0) is 48.5 Å². The minimum atomic E-state index is -4.68. The Balaban J connectivity index is 1.66. The van der Waals surface area contributed by atoms with E-state index in [4.69, 9.17) is 16.7 Å². The maximum Gasteiger partial charge on any atom is 0.435 e. The maximum atomic E-state index is 13.4. The number of aromatic carboxylic acids is 1. The third-order valence-electron chi connectivity index (χ3n) is 5.01. The molecule has 0 aliphatic heterocycles. The number of benzene rings is 3. The number of hydrogen-bond acceptors (Lipinski definition) is 4. The molecule has 1 heterocycles. The summed E-state index contributed by atoms with van der Waals surface area (Å²) < 4.78 is 41.2. The lowest BCUT2D eigenvalue weighted by Crippen LogP contribution is -2.12. The van der Waals surface area contributed by atoms with Crippen molar-refractivity contribution in [1.82, 2.24) is 9.78 Å². The Labute approximate surface area is 201 Å². The van der Waals surface area contributed by atoms with Gasteiger partial charge < -0.3 is 15.5 Å². The largest absolute Gasteiger partial charge is 0.507 e. The van der Waals surface area contributed by atoms with Crippen molar-refractivity contribution in [3.05, 3.63) is 94.6 Å². The monoisotopic (exact) mass is 501 g/mol. The first-order valence-corrected chi connectivity index (χ1v) is 10.3. The number of aromatic nitrogens is 2. The first-order valence-electron chi connectivity index (χ1n) is 9.95. The molecule has 4 aromatic rings. The van der Waals surface area contributed by atoms with Gasteiger partial charge in [0.2, 0.25) is 0 Å². The molecule has 35 heavy (non-hydrogen) atoms. The van der Waals surface area contributed by atoms with Crippen LogP contribution in [-0.4, -0.2) is 31.9 Å². The predicted octanol–water partition coefficient (Wildman–Crippen LogP) is 5.87. The Morgan fingerprint density at radius 2 is 1.66 bits per heavy atom. The molecule has 0 aliphatic carbocycles. The summed E-state index contributed by atoms with van der Waals surface area (Å²) >= 11 is 6.18. The molecule has 4 rings (SSSR count). The number of carboxylic acid groups (broad SMARTS) is 1. The molecule has 0 atom stereocenters. The van der Waals surface area contributed by atoms with E-state index in [1.165, 1.54) is 42.5 Å². The topological polar surface area (TPSA) is 104 Å². The molecule has 11 heteroatoms. The van der Waals surface area contributed by atoms with Gasteiger partial charge in [0, 0.05) is 16.8 Å². The Morgan fingerprint density at radius 1 is 0.971 bits per heavy atom. The van der Waals surface area contributed by atoms with Gasteiger partial charge in [0.1, 0.15) is 11.3 Å². The number of nitrogens with zero attached hydrogens (tertiary/aromatic N) is 2. The van der Waals surface area contributed by atoms with Crippen LogP contribution in [0.3, 0.4) is 0 Å². The molecule has 0 spiro atoms. The summed E-state index contributed by atoms with van der Waals surface area (Å²) in [5.41, 5.74) is -0.464. The second-order valence-electron chi connectivity index (χ2n) is 7.34. The zero-order valence-corrected chi connectivity index (χ0v) is 18.3. The predicted molar refractivity (Wildman–Crippen MR) is 122 cm³/mol. The van der Waals surface area contributed by atoms with Crippen molar-refractivity contribution < 1.29 is 33.0 Å². The van der Waals surface area contributed by atoms with Crippen LogP contribution in [0, 0.1) is 0 Å². The van der Waals surface area contributed by atoms with Crippen LogP contribution in [0.1, 0.15) is 26.4 Å². The van der Waals surface area contributed by atoms with Gasteiger partial charge in [-0.2, -0.15) is 18.3 Å². The number of carbonyl (C=O) groups is 2. The second-order valence-corrected chi connectivity index (χ2v) is 7.75. The SMILES string of the molecule is O=C(Nc1ccc(O)c(C(=O)O)c1)c1ccc(-c2cc(C(F)(F)F)nn2-c2ccccc2Cl)cc1. The zero-order chi connectivity index (χ0) is 25.3. The fourth-order valence-corrected chi connectivity index (χ4v) is 3.53. The third-order valence-corrected chi connectivity index (χ3v) is 5.33. The van der Waals surface area contributed by atoms with E-state index in [9.17, 15) is 27.9 Å². The van der Waals surface area contributed by atoms with Crippen LogP contribution >= 0.6 is 11.6 Å². The van der Waals surface area contributed by atoms with Gasteiger partial charge in [0.15, 0.2) is 5.69 Å². The number of hydrogen-bond donors (Lipinski definition) is 3. The second kappa shape index (κ2) is 9.15. The molecule has 0 saturated heterocycles. The van der Waals surface area contributed by atoms with E-state index in [-0.39, 0.29) is 33.2 Å². The Morgan fingerprint density at radius 3 is 2.29 bits per heavy atom. The first kappa shape index (κ1) is 23.8. The number of amides is 1. The van der Waals surface area contributed by atoms with Crippen LogP contribution in [0.25, 0.3) is 16.9 Å². The van der Waals surface area contributed by atoms with Gasteiger partial charge in [0.25, 0.3) is 5.91 Å². The molecule has 7 nitrogen and oxygen atoms in total. The van der Waals surface area contributed by atoms with E-state index in [1.54, 1.807) is 12.1 Å². The lowest BCUT2D eigenvalue weighted by atomic mass is 10.1. The molecular formula is C24H15ClF3N3O4. The molecule has 0 fully saturated rings. The van der Waals surface area contributed by atoms with Crippen molar-refractivity contribution >= 4 is 29.2 Å². The lowest BCUT2D eigenvalue weighted by Gasteiger charge is -2.10. The minimum Gasteiger partial charge on any atom is -0.507 e. The normalized spacial score (nSPS) is 11.3. The molecule has 0 unspecified atom stereocenters. The molecule has 1 amide bonds. The van der Waals surface area contributed by atoms with E-state index in [0.29, 0.717) is 5.56 Å². The molecule has 0 saturated carbocycles. The van der Waals surface area contributed by atoms with Crippen molar-refractivity contribution in [3.63, 3.8) is 0 Å². The standard InChI is InChI=1S/C24H15ClF3N3O4/c25-17-3-1-2-4-18(17)31-19(12-21(30-31)24(26,27)28)13-5-7-14(8-6-13)22(33)29-15-9-10-20(32)16(11-15)23(34)35/h1-12,32H,(H,29,33)(H,34,35). The van der Waals surface area contributed by atoms with Crippen molar-refractivity contribution in [3.8, 4) is 22.7 Å². The number of para-hydroxylation sites is 1. The summed E-state index contributed by atoms with van der Waals surface area (Å²) in [5, 5.41) is 25.1. The molecule has 1 aromatic heterocycles. The molecular weight excluding hydrogens is 487 g/mol. The number of halogens is 4. The van der Waals surface area contributed by atoms with Crippen molar-refractivity contribution in [1.29, 1.82) is 0 Å². The summed E-state index contributed by atoms with van der Waals surface area (Å²) in [6, 6.07) is 16.5. The van der Waals surface area contributed by atoms with Crippen molar-refractivity contribution in [2.45, 2.75) is 6.18 Å². The van der Waals surface area contributed by atoms with Crippen molar-refractivity contribution in [2.24, 2.45) is 0 Å². The zero-order valence-electron chi connectivity index (χ0n) is 17.5. The Kier molecular flexibility index (Phi) is 6.23. The van der Waals surface area contributed by atoms with Gasteiger partial charge >= 0.3 is 12.1 Å². The van der Waals surface area contributed by atoms with Crippen LogP contribution in [0.4, 0.5) is 18.9 Å². The van der Waals surface area contributed by atoms with E-state index in [0.717, 1.165) is 22.9 Å². The summed E-state index contributed by atoms with van der Waals surface area (Å²) in [6.07, 6.45) is -4.68. The summed E-state index contributed by atoms with van der Waals surface area (Å²) in [7, 11) is 0. The number of aromatic hydroxyl groups is 1. The molecule has 0 aliphatic rings. The summed E-state index contributed by atoms with van der Waals surface area (Å²) in [5.74, 6) is -2.40. The van der Waals surface area contributed by atoms with E-state index < -0.39 is 29.5 Å². The lowest BCUT2D eigenvalue weighted by molar-refractivity contribution is -0.141. The molecule has 0 radical (unpaired) electrons. The van der Waals surface area contributed by atoms with Gasteiger partial charge in [-0.15, -0.1) is 0 Å². The number of alkyl halides is 3. The van der Waals surface area contributed by atoms with Crippen LogP contribution in [0.5, 0.6) is 5.75 Å². The van der Waals surface area contributed by atoms with Crippen LogP contribution in [0.15, 0.2) is 72.8 Å². The van der Waals surface area contributed by atoms with E-state index >= 15 is 0 Å². The highest BCUT2D eigenvalue weighted by Crippen LogP contribution is 2.34. The van der Waals surface area contributed by atoms with E-state index in [1.807, 2.05) is 0 Å². The first-order chi connectivity index (χ1) is 16.5. The molecule has 3 aromatic carbocycles. The third kappa shape index (κ3) is 4.97. The van der Waals surface area contributed by atoms with Crippen LogP contribution < -0.4 is 5.32 Å². The number of nitrogens with one attached hydrogen (secondary N) is 1. The minimum absolute atomic E-state index is 0.113. The maximum absolute atomic E-state index is 13.4. The Bertz CT molecular complexity index is 1430. The average molecular weight is 502 g/mol. The summed E-state index contributed by atoms with van der Waals surface area (Å²) in [6.45, 7) is 0. The average Bonchev–Trinajstić information content (AvgIpc) is 3.26. The summed E-state index contributed by atoms with van der Waals surface area (Å²) in [4.78, 5) is 23.8.